The van der Waals surface area contributed by atoms with E-state index in [1.54, 1.807) is 30.3 Å². The number of hydrogen-bond donors (Lipinski definition) is 4. The van der Waals surface area contributed by atoms with E-state index in [0.717, 1.165) is 24.1 Å². The van der Waals surface area contributed by atoms with Crippen LogP contribution in [0.3, 0.4) is 0 Å². The number of hydrazine groups is 1. The molecular formula is C17H27N9O. The molecule has 0 saturated carbocycles. The molecule has 0 radical (unpaired) electrons. The molecule has 0 aromatic carbocycles. The molecule has 0 saturated heterocycles. The van der Waals surface area contributed by atoms with Gasteiger partial charge in [-0.2, -0.15) is 0 Å². The summed E-state index contributed by atoms with van der Waals surface area (Å²) in [7, 11) is 1.73. The Hall–Kier alpha value is -3.14. The third kappa shape index (κ3) is 6.94. The van der Waals surface area contributed by atoms with Crippen molar-refractivity contribution >= 4 is 5.91 Å². The van der Waals surface area contributed by atoms with Crippen LogP contribution in [0.1, 0.15) is 34.6 Å². The highest BCUT2D eigenvalue weighted by atomic mass is 16.2. The van der Waals surface area contributed by atoms with Crippen LogP contribution in [0.4, 0.5) is 0 Å². The number of aromatic nitrogens is 4. The van der Waals surface area contributed by atoms with Crippen molar-refractivity contribution in [2.45, 2.75) is 32.9 Å². The molecule has 2 aromatic heterocycles. The predicted molar refractivity (Wildman–Crippen MR) is 102 cm³/mol. The normalized spacial score (nSPS) is 11.3. The van der Waals surface area contributed by atoms with Crippen molar-refractivity contribution in [2.24, 2.45) is 11.6 Å². The molecule has 0 unspecified atom stereocenters. The third-order valence-electron chi connectivity index (χ3n) is 3.84. The highest BCUT2D eigenvalue weighted by Crippen LogP contribution is 2.01. The summed E-state index contributed by atoms with van der Waals surface area (Å²) >= 11 is 0. The largest absolute Gasteiger partial charge is 0.384 e. The number of carbonyl (C=O) groups excluding carboxylic acids is 1. The standard InChI is InChI=1S/C17H27N9O/c1-13-5-6-14(9-21-13)10-22-17(27)15-11-26(24-23-15)8-4-3-7-25(19)12-16(18)20-2/h5-6,9,11-12,20H,3-4,7-8,10,18-19H2,1-2H3,(H,22,27)/b16-12+. The van der Waals surface area contributed by atoms with E-state index in [-0.39, 0.29) is 5.91 Å². The predicted octanol–water partition coefficient (Wildman–Crippen LogP) is -0.156. The number of pyridine rings is 1. The first-order valence-corrected chi connectivity index (χ1v) is 8.74. The quantitative estimate of drug-likeness (QED) is 0.256. The Morgan fingerprint density at radius 3 is 2.89 bits per heavy atom. The fourth-order valence-electron chi connectivity index (χ4n) is 2.26. The lowest BCUT2D eigenvalue weighted by Gasteiger charge is -2.14. The number of unbranched alkanes of at least 4 members (excludes halogenated alkanes) is 1. The first-order chi connectivity index (χ1) is 13.0. The van der Waals surface area contributed by atoms with Crippen LogP contribution in [0.25, 0.3) is 0 Å². The zero-order valence-corrected chi connectivity index (χ0v) is 15.7. The molecule has 146 valence electrons. The van der Waals surface area contributed by atoms with Crippen LogP contribution in [-0.4, -0.2) is 44.5 Å². The van der Waals surface area contributed by atoms with Crippen molar-refractivity contribution in [1.29, 1.82) is 0 Å². The highest BCUT2D eigenvalue weighted by molar-refractivity contribution is 5.91. The van der Waals surface area contributed by atoms with Gasteiger partial charge in [-0.3, -0.25) is 14.5 Å². The van der Waals surface area contributed by atoms with Gasteiger partial charge in [0.05, 0.1) is 12.4 Å². The second-order valence-corrected chi connectivity index (χ2v) is 6.14. The van der Waals surface area contributed by atoms with E-state index in [4.69, 9.17) is 11.6 Å². The summed E-state index contributed by atoms with van der Waals surface area (Å²) in [6.45, 7) is 3.63. The van der Waals surface area contributed by atoms with Crippen molar-refractivity contribution < 1.29 is 4.79 Å². The molecule has 6 N–H and O–H groups in total. The average molecular weight is 373 g/mol. The van der Waals surface area contributed by atoms with Crippen LogP contribution in [-0.2, 0) is 13.1 Å². The molecule has 1 amide bonds. The number of rotatable bonds is 10. The molecule has 0 bridgehead atoms. The molecule has 10 heteroatoms. The van der Waals surface area contributed by atoms with Crippen LogP contribution >= 0.6 is 0 Å². The Morgan fingerprint density at radius 1 is 1.37 bits per heavy atom. The first-order valence-electron chi connectivity index (χ1n) is 8.74. The summed E-state index contributed by atoms with van der Waals surface area (Å²) in [5.41, 5.74) is 7.79. The molecule has 0 fully saturated rings. The summed E-state index contributed by atoms with van der Waals surface area (Å²) in [5.74, 6) is 6.05. The van der Waals surface area contributed by atoms with E-state index in [2.05, 4.69) is 25.9 Å². The number of aryl methyl sites for hydroxylation is 2. The molecule has 0 atom stereocenters. The molecule has 10 nitrogen and oxygen atoms in total. The minimum atomic E-state index is -0.261. The van der Waals surface area contributed by atoms with Gasteiger partial charge in [0.25, 0.3) is 5.91 Å². The van der Waals surface area contributed by atoms with Gasteiger partial charge >= 0.3 is 0 Å². The van der Waals surface area contributed by atoms with E-state index in [9.17, 15) is 4.79 Å². The molecule has 2 rings (SSSR count). The summed E-state index contributed by atoms with van der Waals surface area (Å²) in [4.78, 5) is 16.4. The molecule has 27 heavy (non-hydrogen) atoms. The second-order valence-electron chi connectivity index (χ2n) is 6.14. The monoisotopic (exact) mass is 373 g/mol. The molecule has 0 aliphatic heterocycles. The van der Waals surface area contributed by atoms with E-state index in [0.29, 0.717) is 31.1 Å². The maximum Gasteiger partial charge on any atom is 0.273 e. The summed E-state index contributed by atoms with van der Waals surface area (Å²) in [6, 6.07) is 3.84. The van der Waals surface area contributed by atoms with Crippen molar-refractivity contribution in [1.82, 2.24) is 35.6 Å². The highest BCUT2D eigenvalue weighted by Gasteiger charge is 2.10. The number of carbonyl (C=O) groups is 1. The molecule has 2 aromatic rings. The molecule has 0 spiro atoms. The van der Waals surface area contributed by atoms with Gasteiger partial charge in [0.15, 0.2) is 5.69 Å². The van der Waals surface area contributed by atoms with Crippen molar-refractivity contribution in [3.05, 3.63) is 53.5 Å². The number of amides is 1. The minimum absolute atomic E-state index is 0.261. The Balaban J connectivity index is 1.72. The van der Waals surface area contributed by atoms with Crippen LogP contribution in [0.5, 0.6) is 0 Å². The molecule has 0 aliphatic rings. The molecule has 2 heterocycles. The van der Waals surface area contributed by atoms with E-state index >= 15 is 0 Å². The van der Waals surface area contributed by atoms with Crippen LogP contribution < -0.4 is 22.2 Å². The molecular weight excluding hydrogens is 346 g/mol. The lowest BCUT2D eigenvalue weighted by atomic mass is 10.2. The zero-order valence-electron chi connectivity index (χ0n) is 15.7. The van der Waals surface area contributed by atoms with Gasteiger partial charge in [-0.1, -0.05) is 11.3 Å². The summed E-state index contributed by atoms with van der Waals surface area (Å²) < 4.78 is 1.65. The first kappa shape index (κ1) is 20.2. The summed E-state index contributed by atoms with van der Waals surface area (Å²) in [6.07, 6.45) is 6.72. The van der Waals surface area contributed by atoms with Gasteiger partial charge in [-0.25, -0.2) is 5.84 Å². The lowest BCUT2D eigenvalue weighted by Crippen LogP contribution is -2.30. The maximum absolute atomic E-state index is 12.2. The van der Waals surface area contributed by atoms with E-state index in [1.807, 2.05) is 19.1 Å². The number of hydrogen-bond acceptors (Lipinski definition) is 8. The van der Waals surface area contributed by atoms with Gasteiger partial charge in [-0.05, 0) is 31.4 Å². The summed E-state index contributed by atoms with van der Waals surface area (Å²) in [5, 5.41) is 15.1. The zero-order chi connectivity index (χ0) is 19.6. The number of nitrogens with one attached hydrogen (secondary N) is 2. The van der Waals surface area contributed by atoms with Gasteiger partial charge in [0, 0.05) is 38.6 Å². The Labute approximate surface area is 158 Å². The number of nitrogens with zero attached hydrogens (tertiary/aromatic N) is 5. The fraction of sp³-hybridized carbons (Fsp3) is 0.412. The number of nitrogens with two attached hydrogens (primary N) is 2. The van der Waals surface area contributed by atoms with Gasteiger partial charge in [0.1, 0.15) is 5.82 Å². The van der Waals surface area contributed by atoms with Crippen molar-refractivity contribution in [3.63, 3.8) is 0 Å². The van der Waals surface area contributed by atoms with Crippen LogP contribution in [0.15, 0.2) is 36.5 Å². The maximum atomic E-state index is 12.2. The van der Waals surface area contributed by atoms with Gasteiger partial charge in [-0.15, -0.1) is 5.10 Å². The Kier molecular flexibility index (Phi) is 7.56. The van der Waals surface area contributed by atoms with Crippen molar-refractivity contribution in [3.8, 4) is 0 Å². The van der Waals surface area contributed by atoms with E-state index < -0.39 is 0 Å². The van der Waals surface area contributed by atoms with Gasteiger partial charge < -0.3 is 21.4 Å². The Morgan fingerprint density at radius 2 is 2.19 bits per heavy atom. The third-order valence-corrected chi connectivity index (χ3v) is 3.84. The van der Waals surface area contributed by atoms with Crippen LogP contribution in [0.2, 0.25) is 0 Å². The smallest absolute Gasteiger partial charge is 0.273 e. The van der Waals surface area contributed by atoms with Gasteiger partial charge in [0.2, 0.25) is 0 Å². The minimum Gasteiger partial charge on any atom is -0.384 e. The SMILES string of the molecule is CN/C(N)=C/N(N)CCCCn1cc(C(=O)NCc2ccc(C)nc2)nn1. The average Bonchev–Trinajstić information content (AvgIpc) is 3.13. The second kappa shape index (κ2) is 10.1. The van der Waals surface area contributed by atoms with Crippen LogP contribution in [0, 0.1) is 6.92 Å². The van der Waals surface area contributed by atoms with Crippen molar-refractivity contribution in [2.75, 3.05) is 13.6 Å². The topological polar surface area (TPSA) is 140 Å². The molecule has 0 aliphatic carbocycles. The van der Waals surface area contributed by atoms with E-state index in [1.165, 1.54) is 5.01 Å². The Bertz CT molecular complexity index is 754. The lowest BCUT2D eigenvalue weighted by molar-refractivity contribution is 0.0946. The fourth-order valence-corrected chi connectivity index (χ4v) is 2.26.